The molecular weight excluding hydrogens is 316 g/mol. The monoisotopic (exact) mass is 342 g/mol. The van der Waals surface area contributed by atoms with E-state index in [4.69, 9.17) is 4.74 Å². The molecule has 1 aliphatic rings. The lowest BCUT2D eigenvalue weighted by molar-refractivity contribution is 0.244. The smallest absolute Gasteiger partial charge is 0.247 e. The van der Waals surface area contributed by atoms with Crippen LogP contribution in [0.2, 0.25) is 0 Å². The molecule has 1 saturated heterocycles. The third-order valence-electron chi connectivity index (χ3n) is 4.16. The Bertz CT molecular complexity index is 685. The summed E-state index contributed by atoms with van der Waals surface area (Å²) in [7, 11) is 0. The summed E-state index contributed by atoms with van der Waals surface area (Å²) in [6, 6.07) is 7.84. The fraction of sp³-hybridized carbons (Fsp3) is 0.500. The van der Waals surface area contributed by atoms with Crippen molar-refractivity contribution in [3.63, 3.8) is 0 Å². The largest absolute Gasteiger partial charge is 0.489 e. The third-order valence-corrected chi connectivity index (χ3v) is 4.16. The molecule has 0 atom stereocenters. The number of nitrogens with one attached hydrogen (secondary N) is 1. The molecule has 7 nitrogen and oxygen atoms in total. The number of anilines is 3. The molecule has 25 heavy (non-hydrogen) atoms. The van der Waals surface area contributed by atoms with Gasteiger partial charge in [0.05, 0.1) is 18.0 Å². The highest BCUT2D eigenvalue weighted by atomic mass is 16.5. The molecule has 0 spiro atoms. The van der Waals surface area contributed by atoms with Crippen LogP contribution in [-0.4, -0.2) is 58.9 Å². The van der Waals surface area contributed by atoms with Crippen molar-refractivity contribution in [2.75, 3.05) is 42.9 Å². The fourth-order valence-electron chi connectivity index (χ4n) is 2.82. The van der Waals surface area contributed by atoms with Crippen molar-refractivity contribution in [3.8, 4) is 5.75 Å². The molecule has 0 radical (unpaired) electrons. The molecule has 1 N–H and O–H groups in total. The number of aromatic nitrogens is 3. The van der Waals surface area contributed by atoms with Gasteiger partial charge in [0.15, 0.2) is 5.82 Å². The van der Waals surface area contributed by atoms with E-state index in [9.17, 15) is 0 Å². The van der Waals surface area contributed by atoms with Crippen LogP contribution in [0.1, 0.15) is 20.8 Å². The first-order valence-electron chi connectivity index (χ1n) is 8.85. The van der Waals surface area contributed by atoms with E-state index in [-0.39, 0.29) is 6.10 Å². The number of piperazine rings is 1. The van der Waals surface area contributed by atoms with E-state index < -0.39 is 0 Å². The van der Waals surface area contributed by atoms with Crippen LogP contribution in [0.5, 0.6) is 5.75 Å². The number of nitrogens with zero attached hydrogens (tertiary/aromatic N) is 5. The fourth-order valence-corrected chi connectivity index (χ4v) is 2.82. The molecule has 2 heterocycles. The maximum Gasteiger partial charge on any atom is 0.247 e. The quantitative estimate of drug-likeness (QED) is 0.865. The number of hydrogen-bond acceptors (Lipinski definition) is 7. The lowest BCUT2D eigenvalue weighted by Crippen LogP contribution is -2.46. The van der Waals surface area contributed by atoms with Crippen LogP contribution in [0.25, 0.3) is 0 Å². The highest BCUT2D eigenvalue weighted by Gasteiger charge is 2.18. The van der Waals surface area contributed by atoms with Gasteiger partial charge in [-0.15, -0.1) is 5.10 Å². The predicted octanol–water partition coefficient (Wildman–Crippen LogP) is 2.54. The summed E-state index contributed by atoms with van der Waals surface area (Å²) in [5, 5.41) is 11.6. The van der Waals surface area contributed by atoms with Gasteiger partial charge in [0.25, 0.3) is 0 Å². The first kappa shape index (κ1) is 17.4. The molecule has 7 heteroatoms. The number of rotatable bonds is 6. The molecule has 1 aromatic heterocycles. The van der Waals surface area contributed by atoms with Crippen LogP contribution in [0.15, 0.2) is 30.5 Å². The molecule has 0 aliphatic carbocycles. The minimum atomic E-state index is 0.108. The van der Waals surface area contributed by atoms with Gasteiger partial charge >= 0.3 is 0 Å². The lowest BCUT2D eigenvalue weighted by atomic mass is 10.3. The summed E-state index contributed by atoms with van der Waals surface area (Å²) < 4.78 is 5.85. The van der Waals surface area contributed by atoms with Gasteiger partial charge in [0, 0.05) is 26.2 Å². The van der Waals surface area contributed by atoms with E-state index in [1.807, 2.05) is 38.1 Å². The Kier molecular flexibility index (Phi) is 5.65. The topological polar surface area (TPSA) is 66.4 Å². The van der Waals surface area contributed by atoms with Crippen molar-refractivity contribution in [2.45, 2.75) is 26.9 Å². The number of likely N-dealkylation sites (N-methyl/N-ethyl adjacent to an activating group) is 1. The maximum absolute atomic E-state index is 5.85. The summed E-state index contributed by atoms with van der Waals surface area (Å²) in [4.78, 5) is 9.23. The first-order valence-corrected chi connectivity index (χ1v) is 8.85. The standard InChI is InChI=1S/C18H26N6O/c1-4-23-9-11-24(12-10-23)18-21-17(13-19-22-18)20-15-7-5-6-8-16(15)25-14(2)3/h5-8,13-14H,4,9-12H2,1-3H3,(H,20,21,22). The van der Waals surface area contributed by atoms with Crippen molar-refractivity contribution in [2.24, 2.45) is 0 Å². The zero-order valence-electron chi connectivity index (χ0n) is 15.1. The molecule has 1 aliphatic heterocycles. The van der Waals surface area contributed by atoms with Crippen LogP contribution in [0.4, 0.5) is 17.5 Å². The maximum atomic E-state index is 5.85. The van der Waals surface area contributed by atoms with E-state index >= 15 is 0 Å². The van der Waals surface area contributed by atoms with Gasteiger partial charge in [-0.1, -0.05) is 19.1 Å². The molecular formula is C18H26N6O. The van der Waals surface area contributed by atoms with Gasteiger partial charge in [0.1, 0.15) is 5.75 Å². The Hall–Kier alpha value is -2.41. The SMILES string of the molecule is CCN1CCN(c2nncc(Nc3ccccc3OC(C)C)n2)CC1. The number of para-hydroxylation sites is 2. The highest BCUT2D eigenvalue weighted by molar-refractivity contribution is 5.64. The summed E-state index contributed by atoms with van der Waals surface area (Å²) in [6.45, 7) is 11.2. The second kappa shape index (κ2) is 8.11. The Labute approximate surface area is 149 Å². The van der Waals surface area contributed by atoms with Gasteiger partial charge in [-0.05, 0) is 32.5 Å². The van der Waals surface area contributed by atoms with Crippen molar-refractivity contribution in [3.05, 3.63) is 30.5 Å². The van der Waals surface area contributed by atoms with Gasteiger partial charge in [-0.2, -0.15) is 10.1 Å². The molecule has 0 saturated carbocycles. The lowest BCUT2D eigenvalue weighted by Gasteiger charge is -2.33. The van der Waals surface area contributed by atoms with Crippen molar-refractivity contribution in [1.82, 2.24) is 20.1 Å². The minimum Gasteiger partial charge on any atom is -0.489 e. The molecule has 3 rings (SSSR count). The molecule has 2 aromatic rings. The van der Waals surface area contributed by atoms with Crippen LogP contribution in [0.3, 0.4) is 0 Å². The summed E-state index contributed by atoms with van der Waals surface area (Å²) in [5.41, 5.74) is 0.874. The molecule has 0 bridgehead atoms. The average Bonchev–Trinajstić information content (AvgIpc) is 2.63. The van der Waals surface area contributed by atoms with Crippen molar-refractivity contribution < 1.29 is 4.74 Å². The summed E-state index contributed by atoms with van der Waals surface area (Å²) in [5.74, 6) is 2.14. The Balaban J connectivity index is 1.72. The van der Waals surface area contributed by atoms with Gasteiger partial charge < -0.3 is 19.9 Å². The molecule has 1 fully saturated rings. The second-order valence-electron chi connectivity index (χ2n) is 6.35. The third kappa shape index (κ3) is 4.57. The Morgan fingerprint density at radius 1 is 1.16 bits per heavy atom. The van der Waals surface area contributed by atoms with Crippen LogP contribution >= 0.6 is 0 Å². The number of hydrogen-bond donors (Lipinski definition) is 1. The zero-order valence-corrected chi connectivity index (χ0v) is 15.1. The van der Waals surface area contributed by atoms with Gasteiger partial charge in [0.2, 0.25) is 5.95 Å². The summed E-state index contributed by atoms with van der Waals surface area (Å²) in [6.07, 6.45) is 1.75. The van der Waals surface area contributed by atoms with E-state index in [2.05, 4.69) is 37.2 Å². The van der Waals surface area contributed by atoms with E-state index in [1.54, 1.807) is 6.20 Å². The number of ether oxygens (including phenoxy) is 1. The molecule has 1 aromatic carbocycles. The Morgan fingerprint density at radius 3 is 2.64 bits per heavy atom. The van der Waals surface area contributed by atoms with Gasteiger partial charge in [-0.25, -0.2) is 0 Å². The highest BCUT2D eigenvalue weighted by Crippen LogP contribution is 2.27. The van der Waals surface area contributed by atoms with Crippen LogP contribution in [0, 0.1) is 0 Å². The first-order chi connectivity index (χ1) is 12.2. The zero-order chi connectivity index (χ0) is 17.6. The molecule has 134 valence electrons. The predicted molar refractivity (Wildman–Crippen MR) is 99.6 cm³/mol. The van der Waals surface area contributed by atoms with E-state index in [1.165, 1.54) is 0 Å². The van der Waals surface area contributed by atoms with Crippen molar-refractivity contribution in [1.29, 1.82) is 0 Å². The summed E-state index contributed by atoms with van der Waals surface area (Å²) >= 11 is 0. The second-order valence-corrected chi connectivity index (χ2v) is 6.35. The van der Waals surface area contributed by atoms with Crippen molar-refractivity contribution >= 4 is 17.5 Å². The van der Waals surface area contributed by atoms with Crippen LogP contribution in [-0.2, 0) is 0 Å². The van der Waals surface area contributed by atoms with Crippen LogP contribution < -0.4 is 15.0 Å². The molecule has 0 unspecified atom stereocenters. The number of benzene rings is 1. The Morgan fingerprint density at radius 2 is 1.92 bits per heavy atom. The normalized spacial score (nSPS) is 15.4. The average molecular weight is 342 g/mol. The minimum absolute atomic E-state index is 0.108. The van der Waals surface area contributed by atoms with E-state index in [0.29, 0.717) is 11.8 Å². The van der Waals surface area contributed by atoms with E-state index in [0.717, 1.165) is 44.2 Å². The van der Waals surface area contributed by atoms with Gasteiger partial charge in [-0.3, -0.25) is 0 Å². The molecule has 0 amide bonds.